The third kappa shape index (κ3) is 3.18. The number of aromatic nitrogens is 3. The van der Waals surface area contributed by atoms with Gasteiger partial charge >= 0.3 is 0 Å². The Morgan fingerprint density at radius 2 is 2.28 bits per heavy atom. The van der Waals surface area contributed by atoms with Gasteiger partial charge in [-0.25, -0.2) is 4.98 Å². The molecule has 2 aromatic rings. The van der Waals surface area contributed by atoms with Crippen LogP contribution in [0.25, 0.3) is 0 Å². The van der Waals surface area contributed by atoms with Crippen molar-refractivity contribution >= 4 is 17.4 Å². The number of hydrogen-bond donors (Lipinski definition) is 1. The number of anilines is 1. The zero-order valence-electron chi connectivity index (χ0n) is 9.64. The summed E-state index contributed by atoms with van der Waals surface area (Å²) in [6.45, 7) is 2.32. The molecule has 2 heterocycles. The van der Waals surface area contributed by atoms with Crippen molar-refractivity contribution in [1.29, 1.82) is 5.26 Å². The number of halogens is 1. The minimum atomic E-state index is 0.284. The number of rotatable bonds is 4. The summed E-state index contributed by atoms with van der Waals surface area (Å²) in [5.74, 6) is 1.72. The Balaban J connectivity index is 1.94. The van der Waals surface area contributed by atoms with Crippen molar-refractivity contribution in [2.75, 3.05) is 11.9 Å². The van der Waals surface area contributed by atoms with Crippen molar-refractivity contribution < 1.29 is 4.52 Å². The van der Waals surface area contributed by atoms with E-state index in [1.165, 1.54) is 6.07 Å². The van der Waals surface area contributed by atoms with Crippen LogP contribution in [-0.4, -0.2) is 21.7 Å². The third-order valence-corrected chi connectivity index (χ3v) is 2.34. The van der Waals surface area contributed by atoms with E-state index < -0.39 is 0 Å². The number of nitrogens with one attached hydrogen (secondary N) is 1. The molecule has 92 valence electrons. The zero-order chi connectivity index (χ0) is 13.0. The van der Waals surface area contributed by atoms with Crippen LogP contribution < -0.4 is 5.32 Å². The zero-order valence-corrected chi connectivity index (χ0v) is 10.4. The number of pyridine rings is 1. The Morgan fingerprint density at radius 3 is 2.94 bits per heavy atom. The molecule has 0 spiro atoms. The summed E-state index contributed by atoms with van der Waals surface area (Å²) in [4.78, 5) is 8.13. The first kappa shape index (κ1) is 12.3. The van der Waals surface area contributed by atoms with Crippen LogP contribution in [-0.2, 0) is 6.42 Å². The minimum Gasteiger partial charge on any atom is -0.370 e. The Bertz CT molecular complexity index is 589. The molecule has 0 aliphatic heterocycles. The lowest BCUT2D eigenvalue weighted by molar-refractivity contribution is 0.387. The highest BCUT2D eigenvalue weighted by molar-refractivity contribution is 6.29. The molecule has 0 saturated heterocycles. The first-order valence-corrected chi connectivity index (χ1v) is 5.66. The molecule has 0 aromatic carbocycles. The smallest absolute Gasteiger partial charge is 0.223 e. The van der Waals surface area contributed by atoms with Gasteiger partial charge in [0.05, 0.1) is 11.6 Å². The molecule has 0 unspecified atom stereocenters. The summed E-state index contributed by atoms with van der Waals surface area (Å²) in [5.41, 5.74) is 0.466. The largest absolute Gasteiger partial charge is 0.370 e. The maximum absolute atomic E-state index is 8.80. The molecule has 0 fully saturated rings. The molecule has 0 aliphatic carbocycles. The molecular formula is C11H10ClN5O. The second-order valence-electron chi connectivity index (χ2n) is 3.58. The Hall–Kier alpha value is -2.13. The van der Waals surface area contributed by atoms with Gasteiger partial charge in [-0.2, -0.15) is 10.2 Å². The van der Waals surface area contributed by atoms with Crippen LogP contribution in [0.15, 0.2) is 16.7 Å². The quantitative estimate of drug-likeness (QED) is 0.849. The topological polar surface area (TPSA) is 87.6 Å². The normalized spacial score (nSPS) is 10.1. The first-order chi connectivity index (χ1) is 8.67. The van der Waals surface area contributed by atoms with Gasteiger partial charge in [0.15, 0.2) is 5.82 Å². The maximum Gasteiger partial charge on any atom is 0.223 e. The highest BCUT2D eigenvalue weighted by Gasteiger charge is 2.03. The van der Waals surface area contributed by atoms with Crippen LogP contribution in [0, 0.1) is 18.3 Å². The van der Waals surface area contributed by atoms with Crippen molar-refractivity contribution in [3.05, 3.63) is 34.6 Å². The van der Waals surface area contributed by atoms with E-state index in [1.54, 1.807) is 13.0 Å². The molecule has 0 bridgehead atoms. The van der Waals surface area contributed by atoms with Crippen molar-refractivity contribution in [3.63, 3.8) is 0 Å². The van der Waals surface area contributed by atoms with E-state index in [0.29, 0.717) is 36.1 Å². The molecule has 0 aliphatic rings. The fourth-order valence-electron chi connectivity index (χ4n) is 1.40. The Kier molecular flexibility index (Phi) is 3.75. The molecule has 1 N–H and O–H groups in total. The molecule has 0 amide bonds. The van der Waals surface area contributed by atoms with Crippen LogP contribution in [0.4, 0.5) is 5.82 Å². The summed E-state index contributed by atoms with van der Waals surface area (Å²) in [7, 11) is 0. The summed E-state index contributed by atoms with van der Waals surface area (Å²) in [6, 6.07) is 5.16. The molecule has 0 radical (unpaired) electrons. The van der Waals surface area contributed by atoms with E-state index >= 15 is 0 Å². The SMILES string of the molecule is Cc1nc(CCNc2cc(C#N)cc(Cl)n2)no1. The van der Waals surface area contributed by atoms with Gasteiger partial charge in [-0.05, 0) is 12.1 Å². The molecule has 2 rings (SSSR count). The van der Waals surface area contributed by atoms with Gasteiger partial charge < -0.3 is 9.84 Å². The third-order valence-electron chi connectivity index (χ3n) is 2.15. The van der Waals surface area contributed by atoms with Gasteiger partial charge in [0.1, 0.15) is 11.0 Å². The molecule has 6 nitrogen and oxygen atoms in total. The second-order valence-corrected chi connectivity index (χ2v) is 3.97. The van der Waals surface area contributed by atoms with Crippen LogP contribution in [0.2, 0.25) is 5.15 Å². The summed E-state index contributed by atoms with van der Waals surface area (Å²) in [6.07, 6.45) is 0.605. The fraction of sp³-hybridized carbons (Fsp3) is 0.273. The molecule has 0 saturated carbocycles. The molecule has 7 heteroatoms. The summed E-state index contributed by atoms with van der Waals surface area (Å²) >= 11 is 5.79. The monoisotopic (exact) mass is 263 g/mol. The average molecular weight is 264 g/mol. The van der Waals surface area contributed by atoms with Gasteiger partial charge in [-0.15, -0.1) is 0 Å². The lowest BCUT2D eigenvalue weighted by Crippen LogP contribution is -2.07. The predicted octanol–water partition coefficient (Wildman–Crippen LogP) is 1.95. The number of aryl methyl sites for hydroxylation is 1. The Morgan fingerprint density at radius 1 is 1.44 bits per heavy atom. The maximum atomic E-state index is 8.80. The fourth-order valence-corrected chi connectivity index (χ4v) is 1.61. The standard InChI is InChI=1S/C11H10ClN5O/c1-7-15-10(17-18-7)2-3-14-11-5-8(6-13)4-9(12)16-11/h4-5H,2-3H2,1H3,(H,14,16). The lowest BCUT2D eigenvalue weighted by Gasteiger charge is -2.04. The number of nitriles is 1. The van der Waals surface area contributed by atoms with Crippen molar-refractivity contribution in [1.82, 2.24) is 15.1 Å². The van der Waals surface area contributed by atoms with Crippen LogP contribution in [0.3, 0.4) is 0 Å². The van der Waals surface area contributed by atoms with E-state index in [1.807, 2.05) is 6.07 Å². The van der Waals surface area contributed by atoms with Crippen molar-refractivity contribution in [2.45, 2.75) is 13.3 Å². The molecule has 2 aromatic heterocycles. The highest BCUT2D eigenvalue weighted by atomic mass is 35.5. The second kappa shape index (κ2) is 5.47. The molecular weight excluding hydrogens is 254 g/mol. The average Bonchev–Trinajstić information content (AvgIpc) is 2.74. The highest BCUT2D eigenvalue weighted by Crippen LogP contribution is 2.13. The van der Waals surface area contributed by atoms with E-state index in [9.17, 15) is 0 Å². The summed E-state index contributed by atoms with van der Waals surface area (Å²) in [5, 5.41) is 15.9. The minimum absolute atomic E-state index is 0.284. The molecule has 18 heavy (non-hydrogen) atoms. The van der Waals surface area contributed by atoms with Crippen LogP contribution in [0.1, 0.15) is 17.3 Å². The van der Waals surface area contributed by atoms with Crippen molar-refractivity contribution in [3.8, 4) is 6.07 Å². The first-order valence-electron chi connectivity index (χ1n) is 5.28. The van der Waals surface area contributed by atoms with E-state index in [-0.39, 0.29) is 5.15 Å². The van der Waals surface area contributed by atoms with Gasteiger partial charge in [0, 0.05) is 19.9 Å². The van der Waals surface area contributed by atoms with Gasteiger partial charge in [-0.1, -0.05) is 16.8 Å². The lowest BCUT2D eigenvalue weighted by atomic mass is 10.3. The van der Waals surface area contributed by atoms with E-state index in [2.05, 4.69) is 20.4 Å². The number of hydrogen-bond acceptors (Lipinski definition) is 6. The van der Waals surface area contributed by atoms with Crippen LogP contribution >= 0.6 is 11.6 Å². The van der Waals surface area contributed by atoms with E-state index in [0.717, 1.165) is 0 Å². The van der Waals surface area contributed by atoms with E-state index in [4.69, 9.17) is 21.4 Å². The van der Waals surface area contributed by atoms with Crippen molar-refractivity contribution in [2.24, 2.45) is 0 Å². The molecule has 0 atom stereocenters. The van der Waals surface area contributed by atoms with Gasteiger partial charge in [-0.3, -0.25) is 0 Å². The Labute approximate surface area is 109 Å². The van der Waals surface area contributed by atoms with Gasteiger partial charge in [0.2, 0.25) is 5.89 Å². The summed E-state index contributed by atoms with van der Waals surface area (Å²) < 4.78 is 4.85. The predicted molar refractivity (Wildman–Crippen MR) is 65.2 cm³/mol. The van der Waals surface area contributed by atoms with Crippen LogP contribution in [0.5, 0.6) is 0 Å². The number of nitrogens with zero attached hydrogens (tertiary/aromatic N) is 4. The van der Waals surface area contributed by atoms with Gasteiger partial charge in [0.25, 0.3) is 0 Å².